The van der Waals surface area contributed by atoms with Crippen LogP contribution in [0.15, 0.2) is 30.9 Å². The van der Waals surface area contributed by atoms with Crippen LogP contribution in [0.3, 0.4) is 0 Å². The van der Waals surface area contributed by atoms with Gasteiger partial charge >= 0.3 is 0 Å². The van der Waals surface area contributed by atoms with E-state index in [4.69, 9.17) is 14.2 Å². The Kier molecular flexibility index (Phi) is 7.64. The van der Waals surface area contributed by atoms with E-state index in [1.165, 1.54) is 0 Å². The van der Waals surface area contributed by atoms with Gasteiger partial charge in [0.1, 0.15) is 19.3 Å². The summed E-state index contributed by atoms with van der Waals surface area (Å²) >= 11 is 0. The van der Waals surface area contributed by atoms with Crippen LogP contribution in [-0.2, 0) is 0 Å². The van der Waals surface area contributed by atoms with Crippen LogP contribution in [0.5, 0.6) is 17.2 Å². The van der Waals surface area contributed by atoms with Gasteiger partial charge in [-0.25, -0.2) is 0 Å². The molecule has 1 atom stereocenters. The summed E-state index contributed by atoms with van der Waals surface area (Å²) in [6, 6.07) is 5.71. The van der Waals surface area contributed by atoms with Crippen molar-refractivity contribution in [2.45, 2.75) is 26.0 Å². The summed E-state index contributed by atoms with van der Waals surface area (Å²) in [4.78, 5) is 0. The van der Waals surface area contributed by atoms with E-state index in [2.05, 4.69) is 11.9 Å². The molecule has 0 unspecified atom stereocenters. The fraction of sp³-hybridized carbons (Fsp3) is 0.500. The van der Waals surface area contributed by atoms with Crippen LogP contribution in [0.4, 0.5) is 0 Å². The van der Waals surface area contributed by atoms with Gasteiger partial charge in [0.15, 0.2) is 11.5 Å². The largest absolute Gasteiger partial charge is 0.493 e. The molecule has 0 aromatic heterocycles. The highest BCUT2D eigenvalue weighted by atomic mass is 16.5. The van der Waals surface area contributed by atoms with Gasteiger partial charge in [-0.15, -0.1) is 0 Å². The Morgan fingerprint density at radius 2 is 2.00 bits per heavy atom. The molecule has 0 aliphatic carbocycles. The van der Waals surface area contributed by atoms with Crippen LogP contribution in [0.1, 0.15) is 13.8 Å². The zero-order valence-corrected chi connectivity index (χ0v) is 13.0. The third-order valence-corrected chi connectivity index (χ3v) is 2.70. The third kappa shape index (κ3) is 6.06. The summed E-state index contributed by atoms with van der Waals surface area (Å²) in [5.74, 6) is 1.65. The van der Waals surface area contributed by atoms with Crippen LogP contribution in [0, 0.1) is 0 Å². The van der Waals surface area contributed by atoms with Gasteiger partial charge < -0.3 is 24.6 Å². The maximum absolute atomic E-state index is 9.88. The molecule has 1 aromatic rings. The Balaban J connectivity index is 2.66. The molecule has 0 radical (unpaired) electrons. The number of hydrogen-bond donors (Lipinski definition) is 2. The molecule has 0 bridgehead atoms. The molecule has 0 saturated heterocycles. The molecule has 0 saturated carbocycles. The maximum atomic E-state index is 9.88. The van der Waals surface area contributed by atoms with Gasteiger partial charge in [-0.1, -0.05) is 32.6 Å². The van der Waals surface area contributed by atoms with Crippen LogP contribution in [0.2, 0.25) is 0 Å². The van der Waals surface area contributed by atoms with Crippen LogP contribution >= 0.6 is 0 Å². The van der Waals surface area contributed by atoms with Crippen molar-refractivity contribution in [2.75, 3.05) is 26.9 Å². The Labute approximate surface area is 126 Å². The van der Waals surface area contributed by atoms with E-state index < -0.39 is 6.10 Å². The van der Waals surface area contributed by atoms with Crippen LogP contribution in [0.25, 0.3) is 0 Å². The lowest BCUT2D eigenvalue weighted by molar-refractivity contribution is 0.102. The molecule has 2 N–H and O–H groups in total. The van der Waals surface area contributed by atoms with Crippen molar-refractivity contribution >= 4 is 0 Å². The van der Waals surface area contributed by atoms with E-state index in [-0.39, 0.29) is 6.61 Å². The van der Waals surface area contributed by atoms with Gasteiger partial charge in [0.2, 0.25) is 5.75 Å². The minimum atomic E-state index is -0.592. The number of para-hydroxylation sites is 1. The SMILES string of the molecule is C=CCOc1c(OC)cccc1OC[C@@H](O)CNC(C)C. The summed E-state index contributed by atoms with van der Waals surface area (Å²) in [5, 5.41) is 13.0. The van der Waals surface area contributed by atoms with Crippen molar-refractivity contribution < 1.29 is 19.3 Å². The molecular formula is C16H25NO4. The number of methoxy groups -OCH3 is 1. The average Bonchev–Trinajstić information content (AvgIpc) is 2.48. The monoisotopic (exact) mass is 295 g/mol. The number of benzene rings is 1. The molecule has 0 fully saturated rings. The fourth-order valence-electron chi connectivity index (χ4n) is 1.67. The van der Waals surface area contributed by atoms with E-state index in [1.807, 2.05) is 19.9 Å². The number of nitrogens with one attached hydrogen (secondary N) is 1. The van der Waals surface area contributed by atoms with Crippen LogP contribution < -0.4 is 19.5 Å². The minimum absolute atomic E-state index is 0.178. The summed E-state index contributed by atoms with van der Waals surface area (Å²) in [6.07, 6.45) is 1.06. The van der Waals surface area contributed by atoms with E-state index in [0.717, 1.165) is 0 Å². The first kappa shape index (κ1) is 17.3. The zero-order chi connectivity index (χ0) is 15.7. The van der Waals surface area contributed by atoms with E-state index in [9.17, 15) is 5.11 Å². The Bertz CT molecular complexity index is 434. The van der Waals surface area contributed by atoms with E-state index >= 15 is 0 Å². The van der Waals surface area contributed by atoms with Crippen molar-refractivity contribution in [2.24, 2.45) is 0 Å². The lowest BCUT2D eigenvalue weighted by Gasteiger charge is -2.18. The topological polar surface area (TPSA) is 60.0 Å². The van der Waals surface area contributed by atoms with Crippen molar-refractivity contribution in [3.63, 3.8) is 0 Å². The first-order valence-electron chi connectivity index (χ1n) is 7.03. The third-order valence-electron chi connectivity index (χ3n) is 2.70. The smallest absolute Gasteiger partial charge is 0.203 e. The van der Waals surface area contributed by atoms with Crippen molar-refractivity contribution in [3.05, 3.63) is 30.9 Å². The van der Waals surface area contributed by atoms with Gasteiger partial charge in [0.05, 0.1) is 7.11 Å². The Morgan fingerprint density at radius 1 is 1.29 bits per heavy atom. The number of rotatable bonds is 10. The zero-order valence-electron chi connectivity index (χ0n) is 13.0. The quantitative estimate of drug-likeness (QED) is 0.647. The Morgan fingerprint density at radius 3 is 2.62 bits per heavy atom. The lowest BCUT2D eigenvalue weighted by atomic mass is 10.3. The molecule has 5 nitrogen and oxygen atoms in total. The van der Waals surface area contributed by atoms with Crippen molar-refractivity contribution in [1.29, 1.82) is 0 Å². The van der Waals surface area contributed by atoms with Crippen molar-refractivity contribution in [3.8, 4) is 17.2 Å². The summed E-state index contributed by atoms with van der Waals surface area (Å²) in [5.41, 5.74) is 0. The molecule has 0 spiro atoms. The highest BCUT2D eigenvalue weighted by Crippen LogP contribution is 2.37. The van der Waals surface area contributed by atoms with Crippen molar-refractivity contribution in [1.82, 2.24) is 5.32 Å². The van der Waals surface area contributed by atoms with Gasteiger partial charge in [0.25, 0.3) is 0 Å². The van der Waals surface area contributed by atoms with Gasteiger partial charge in [-0.05, 0) is 12.1 Å². The molecule has 0 aliphatic heterocycles. The normalized spacial score (nSPS) is 12.0. The van der Waals surface area contributed by atoms with E-state index in [1.54, 1.807) is 25.3 Å². The van der Waals surface area contributed by atoms with E-state index in [0.29, 0.717) is 36.4 Å². The van der Waals surface area contributed by atoms with Gasteiger partial charge in [-0.3, -0.25) is 0 Å². The molecular weight excluding hydrogens is 270 g/mol. The number of hydrogen-bond acceptors (Lipinski definition) is 5. The molecule has 0 amide bonds. The predicted octanol–water partition coefficient (Wildman–Crippen LogP) is 2.00. The number of aliphatic hydroxyl groups excluding tert-OH is 1. The maximum Gasteiger partial charge on any atom is 0.203 e. The number of aliphatic hydroxyl groups is 1. The summed E-state index contributed by atoms with van der Waals surface area (Å²) in [7, 11) is 1.57. The highest BCUT2D eigenvalue weighted by molar-refractivity contribution is 5.51. The second kappa shape index (κ2) is 9.26. The van der Waals surface area contributed by atoms with Gasteiger partial charge in [-0.2, -0.15) is 0 Å². The average molecular weight is 295 g/mol. The molecule has 1 rings (SSSR count). The van der Waals surface area contributed by atoms with Gasteiger partial charge in [0, 0.05) is 12.6 Å². The fourth-order valence-corrected chi connectivity index (χ4v) is 1.67. The Hall–Kier alpha value is -1.72. The second-order valence-electron chi connectivity index (χ2n) is 4.91. The molecule has 118 valence electrons. The summed E-state index contributed by atoms with van der Waals surface area (Å²) < 4.78 is 16.5. The molecule has 1 aromatic carbocycles. The second-order valence-corrected chi connectivity index (χ2v) is 4.91. The predicted molar refractivity (Wildman–Crippen MR) is 83.3 cm³/mol. The minimum Gasteiger partial charge on any atom is -0.493 e. The lowest BCUT2D eigenvalue weighted by Crippen LogP contribution is -2.35. The molecule has 0 heterocycles. The first-order chi connectivity index (χ1) is 10.1. The standard InChI is InChI=1S/C16H25NO4/c1-5-9-20-16-14(19-4)7-6-8-15(16)21-11-13(18)10-17-12(2)3/h5-8,12-13,17-18H,1,9-11H2,2-4H3/t13-/m0/s1. The number of ether oxygens (including phenoxy) is 3. The first-order valence-corrected chi connectivity index (χ1v) is 7.03. The molecule has 5 heteroatoms. The summed E-state index contributed by atoms with van der Waals surface area (Å²) in [6.45, 7) is 8.68. The highest BCUT2D eigenvalue weighted by Gasteiger charge is 2.13. The molecule has 21 heavy (non-hydrogen) atoms. The van der Waals surface area contributed by atoms with Crippen LogP contribution in [-0.4, -0.2) is 44.1 Å². The molecule has 0 aliphatic rings.